The number of nitrogens with zero attached hydrogens (tertiary/aromatic N) is 2. The number of thiocarbonyl (C=S) groups is 1. The zero-order valence-electron chi connectivity index (χ0n) is 12.7. The summed E-state index contributed by atoms with van der Waals surface area (Å²) in [6.07, 6.45) is 0. The van der Waals surface area contributed by atoms with Crippen LogP contribution < -0.4 is 5.32 Å². The highest BCUT2D eigenvalue weighted by atomic mass is 32.2. The van der Waals surface area contributed by atoms with Gasteiger partial charge >= 0.3 is 0 Å². The first-order chi connectivity index (χ1) is 10.4. The van der Waals surface area contributed by atoms with Crippen molar-refractivity contribution in [3.8, 4) is 0 Å². The van der Waals surface area contributed by atoms with E-state index in [1.54, 1.807) is 24.3 Å². The fourth-order valence-electron chi connectivity index (χ4n) is 2.21. The number of sulfonamides is 1. The van der Waals surface area contributed by atoms with E-state index in [1.807, 2.05) is 17.9 Å². The van der Waals surface area contributed by atoms with Crippen LogP contribution in [0.1, 0.15) is 6.92 Å². The van der Waals surface area contributed by atoms with E-state index >= 15 is 0 Å². The van der Waals surface area contributed by atoms with Crippen molar-refractivity contribution in [3.05, 3.63) is 42.5 Å². The van der Waals surface area contributed by atoms with Gasteiger partial charge in [-0.05, 0) is 31.3 Å². The van der Waals surface area contributed by atoms with Crippen molar-refractivity contribution in [2.45, 2.75) is 11.8 Å². The Labute approximate surface area is 137 Å². The summed E-state index contributed by atoms with van der Waals surface area (Å²) in [5.41, 5.74) is 1.01. The second-order valence-electron chi connectivity index (χ2n) is 5.32. The van der Waals surface area contributed by atoms with E-state index in [2.05, 4.69) is 11.9 Å². The molecule has 1 heterocycles. The molecule has 120 valence electrons. The predicted octanol–water partition coefficient (Wildman–Crippen LogP) is 1.44. The summed E-state index contributed by atoms with van der Waals surface area (Å²) in [6.45, 7) is 8.45. The Morgan fingerprint density at radius 1 is 1.23 bits per heavy atom. The maximum Gasteiger partial charge on any atom is 0.243 e. The molecule has 1 aromatic carbocycles. The van der Waals surface area contributed by atoms with Gasteiger partial charge in [-0.25, -0.2) is 8.42 Å². The SMILES string of the molecule is C=C(C)CNC(=S)N1CCN(S(=O)(=O)c2ccccc2)CC1. The smallest absolute Gasteiger partial charge is 0.243 e. The van der Waals surface area contributed by atoms with E-state index < -0.39 is 10.0 Å². The van der Waals surface area contributed by atoms with Gasteiger partial charge in [-0.3, -0.25) is 0 Å². The van der Waals surface area contributed by atoms with Crippen LogP contribution >= 0.6 is 12.2 Å². The van der Waals surface area contributed by atoms with Crippen molar-refractivity contribution in [2.75, 3.05) is 32.7 Å². The summed E-state index contributed by atoms with van der Waals surface area (Å²) in [4.78, 5) is 2.33. The molecule has 0 saturated carbocycles. The van der Waals surface area contributed by atoms with Crippen molar-refractivity contribution in [3.63, 3.8) is 0 Å². The molecule has 0 atom stereocenters. The normalized spacial score (nSPS) is 16.3. The fourth-order valence-corrected chi connectivity index (χ4v) is 3.91. The Hall–Kier alpha value is -1.44. The van der Waals surface area contributed by atoms with Gasteiger partial charge < -0.3 is 10.2 Å². The van der Waals surface area contributed by atoms with Crippen LogP contribution in [0.5, 0.6) is 0 Å². The Kier molecular flexibility index (Phi) is 5.55. The number of piperazine rings is 1. The molecule has 22 heavy (non-hydrogen) atoms. The average Bonchev–Trinajstić information content (AvgIpc) is 2.53. The zero-order valence-corrected chi connectivity index (χ0v) is 14.3. The highest BCUT2D eigenvalue weighted by molar-refractivity contribution is 7.89. The summed E-state index contributed by atoms with van der Waals surface area (Å²) in [5.74, 6) is 0. The third kappa shape index (κ3) is 4.06. The molecule has 0 unspecified atom stereocenters. The maximum atomic E-state index is 12.5. The Bertz CT molecular complexity index is 636. The molecule has 0 bridgehead atoms. The van der Waals surface area contributed by atoms with E-state index in [-0.39, 0.29) is 0 Å². The van der Waals surface area contributed by atoms with Crippen LogP contribution in [0.25, 0.3) is 0 Å². The summed E-state index contributed by atoms with van der Waals surface area (Å²) >= 11 is 5.32. The molecule has 0 aliphatic carbocycles. The highest BCUT2D eigenvalue weighted by Gasteiger charge is 2.28. The Morgan fingerprint density at radius 3 is 2.36 bits per heavy atom. The molecule has 2 rings (SSSR count). The minimum atomic E-state index is -3.41. The third-order valence-corrected chi connectivity index (χ3v) is 5.76. The van der Waals surface area contributed by atoms with E-state index in [1.165, 1.54) is 4.31 Å². The first-order valence-electron chi connectivity index (χ1n) is 7.13. The lowest BCUT2D eigenvalue weighted by molar-refractivity contribution is 0.264. The minimum absolute atomic E-state index is 0.339. The largest absolute Gasteiger partial charge is 0.359 e. The monoisotopic (exact) mass is 339 g/mol. The molecule has 1 aromatic rings. The quantitative estimate of drug-likeness (QED) is 0.665. The standard InChI is InChI=1S/C15H21N3O2S2/c1-13(2)12-16-15(21)17-8-10-18(11-9-17)22(19,20)14-6-4-3-5-7-14/h3-7H,1,8-12H2,2H3,(H,16,21). The number of nitrogens with one attached hydrogen (secondary N) is 1. The molecule has 1 fully saturated rings. The van der Waals surface area contributed by atoms with Gasteiger partial charge in [0.05, 0.1) is 4.90 Å². The van der Waals surface area contributed by atoms with Gasteiger partial charge in [0.15, 0.2) is 5.11 Å². The Morgan fingerprint density at radius 2 is 1.82 bits per heavy atom. The van der Waals surface area contributed by atoms with Crippen LogP contribution in [0.15, 0.2) is 47.4 Å². The van der Waals surface area contributed by atoms with E-state index in [0.717, 1.165) is 5.57 Å². The molecule has 7 heteroatoms. The van der Waals surface area contributed by atoms with Gasteiger partial charge in [0.25, 0.3) is 0 Å². The number of rotatable bonds is 4. The molecule has 1 aliphatic heterocycles. The molecule has 1 aliphatic rings. The molecule has 5 nitrogen and oxygen atoms in total. The van der Waals surface area contributed by atoms with Crippen LogP contribution in [0.2, 0.25) is 0 Å². The third-order valence-electron chi connectivity index (χ3n) is 3.45. The summed E-state index contributed by atoms with van der Waals surface area (Å²) in [6, 6.07) is 8.53. The van der Waals surface area contributed by atoms with E-state index in [9.17, 15) is 8.42 Å². The highest BCUT2D eigenvalue weighted by Crippen LogP contribution is 2.17. The molecular weight excluding hydrogens is 318 g/mol. The van der Waals surface area contributed by atoms with Gasteiger partial charge in [0.2, 0.25) is 10.0 Å². The van der Waals surface area contributed by atoms with Gasteiger partial charge in [-0.1, -0.05) is 30.4 Å². The number of benzene rings is 1. The van der Waals surface area contributed by atoms with Gasteiger partial charge in [0, 0.05) is 32.7 Å². The van der Waals surface area contributed by atoms with Crippen LogP contribution in [0.4, 0.5) is 0 Å². The topological polar surface area (TPSA) is 52.6 Å². The summed E-state index contributed by atoms with van der Waals surface area (Å²) in [5, 5.41) is 3.78. The van der Waals surface area contributed by atoms with Gasteiger partial charge in [-0.15, -0.1) is 0 Å². The lowest BCUT2D eigenvalue weighted by Gasteiger charge is -2.35. The zero-order chi connectivity index (χ0) is 16.2. The second-order valence-corrected chi connectivity index (χ2v) is 7.64. The molecule has 0 aromatic heterocycles. The number of hydrogen-bond acceptors (Lipinski definition) is 3. The van der Waals surface area contributed by atoms with Crippen LogP contribution in [-0.2, 0) is 10.0 Å². The van der Waals surface area contributed by atoms with Crippen molar-refractivity contribution in [1.29, 1.82) is 0 Å². The molecule has 1 saturated heterocycles. The van der Waals surface area contributed by atoms with Gasteiger partial charge in [-0.2, -0.15) is 4.31 Å². The predicted molar refractivity (Wildman–Crippen MR) is 92.2 cm³/mol. The van der Waals surface area contributed by atoms with Crippen molar-refractivity contribution in [1.82, 2.24) is 14.5 Å². The van der Waals surface area contributed by atoms with Crippen molar-refractivity contribution >= 4 is 27.4 Å². The molecule has 0 spiro atoms. The van der Waals surface area contributed by atoms with Crippen LogP contribution in [0, 0.1) is 0 Å². The first kappa shape index (κ1) is 16.9. The van der Waals surface area contributed by atoms with Crippen molar-refractivity contribution < 1.29 is 8.42 Å². The molecule has 0 radical (unpaired) electrons. The molecule has 1 N–H and O–H groups in total. The number of hydrogen-bond donors (Lipinski definition) is 1. The lowest BCUT2D eigenvalue weighted by Crippen LogP contribution is -2.53. The maximum absolute atomic E-state index is 12.5. The average molecular weight is 339 g/mol. The van der Waals surface area contributed by atoms with E-state index in [0.29, 0.717) is 42.7 Å². The molecule has 0 amide bonds. The van der Waals surface area contributed by atoms with Gasteiger partial charge in [0.1, 0.15) is 0 Å². The van der Waals surface area contributed by atoms with Crippen molar-refractivity contribution in [2.24, 2.45) is 0 Å². The first-order valence-corrected chi connectivity index (χ1v) is 8.98. The Balaban J connectivity index is 1.95. The minimum Gasteiger partial charge on any atom is -0.359 e. The lowest BCUT2D eigenvalue weighted by atomic mass is 10.3. The summed E-state index contributed by atoms with van der Waals surface area (Å²) in [7, 11) is -3.41. The van der Waals surface area contributed by atoms with Crippen LogP contribution in [0.3, 0.4) is 0 Å². The molecular formula is C15H21N3O2S2. The fraction of sp³-hybridized carbons (Fsp3) is 0.400. The van der Waals surface area contributed by atoms with E-state index in [4.69, 9.17) is 12.2 Å². The summed E-state index contributed by atoms with van der Waals surface area (Å²) < 4.78 is 26.6. The second kappa shape index (κ2) is 7.21. The van der Waals surface area contributed by atoms with Crippen LogP contribution in [-0.4, -0.2) is 55.5 Å².